The highest BCUT2D eigenvalue weighted by molar-refractivity contribution is 7.12. The molecule has 1 aliphatic carbocycles. The summed E-state index contributed by atoms with van der Waals surface area (Å²) in [7, 11) is 0. The molecule has 0 saturated heterocycles. The van der Waals surface area contributed by atoms with Crippen LogP contribution < -0.4 is 5.32 Å². The van der Waals surface area contributed by atoms with Gasteiger partial charge >= 0.3 is 0 Å². The molecule has 2 amide bonds. The van der Waals surface area contributed by atoms with Crippen molar-refractivity contribution in [1.82, 2.24) is 10.2 Å². The third-order valence-corrected chi connectivity index (χ3v) is 3.64. The van der Waals surface area contributed by atoms with Gasteiger partial charge in [0.1, 0.15) is 0 Å². The maximum Gasteiger partial charge on any atom is 0.261 e. The molecule has 0 aromatic carbocycles. The maximum absolute atomic E-state index is 11.6. The summed E-state index contributed by atoms with van der Waals surface area (Å²) >= 11 is 1.42. The van der Waals surface area contributed by atoms with Crippen LogP contribution in [0.3, 0.4) is 0 Å². The lowest BCUT2D eigenvalue weighted by Gasteiger charge is -2.20. The average Bonchev–Trinajstić information content (AvgIpc) is 2.96. The Hall–Kier alpha value is -1.36. The Labute approximate surface area is 105 Å². The summed E-state index contributed by atoms with van der Waals surface area (Å²) in [4.78, 5) is 25.5. The molecule has 1 N–H and O–H groups in total. The van der Waals surface area contributed by atoms with Gasteiger partial charge in [-0.15, -0.1) is 11.3 Å². The molecule has 1 fully saturated rings. The van der Waals surface area contributed by atoms with Crippen LogP contribution in [-0.4, -0.2) is 35.8 Å². The van der Waals surface area contributed by atoms with Gasteiger partial charge < -0.3 is 10.2 Å². The van der Waals surface area contributed by atoms with Crippen LogP contribution >= 0.6 is 11.3 Å². The van der Waals surface area contributed by atoms with Crippen LogP contribution in [0.4, 0.5) is 0 Å². The van der Waals surface area contributed by atoms with E-state index in [0.29, 0.717) is 24.0 Å². The Morgan fingerprint density at radius 1 is 1.53 bits per heavy atom. The van der Waals surface area contributed by atoms with Gasteiger partial charge in [-0.3, -0.25) is 9.59 Å². The zero-order valence-electron chi connectivity index (χ0n) is 9.81. The molecule has 1 heterocycles. The van der Waals surface area contributed by atoms with Gasteiger partial charge in [0.05, 0.1) is 4.88 Å². The molecule has 0 unspecified atom stereocenters. The van der Waals surface area contributed by atoms with E-state index < -0.39 is 0 Å². The lowest BCUT2D eigenvalue weighted by atomic mass is 10.4. The van der Waals surface area contributed by atoms with Gasteiger partial charge in [-0.1, -0.05) is 6.07 Å². The summed E-state index contributed by atoms with van der Waals surface area (Å²) in [6.45, 7) is 2.71. The molecule has 0 atom stereocenters. The van der Waals surface area contributed by atoms with Crippen molar-refractivity contribution in [2.75, 3.05) is 13.1 Å². The minimum atomic E-state index is -0.0562. The van der Waals surface area contributed by atoms with E-state index in [0.717, 1.165) is 12.8 Å². The highest BCUT2D eigenvalue weighted by Gasteiger charge is 2.30. The first kappa shape index (κ1) is 12.1. The fourth-order valence-electron chi connectivity index (χ4n) is 1.77. The molecule has 0 bridgehead atoms. The molecule has 0 spiro atoms. The summed E-state index contributed by atoms with van der Waals surface area (Å²) in [5.74, 6) is 0.0390. The van der Waals surface area contributed by atoms with Crippen molar-refractivity contribution in [3.63, 3.8) is 0 Å². The summed E-state index contributed by atoms with van der Waals surface area (Å²) in [5.41, 5.74) is 0. The van der Waals surface area contributed by atoms with Crippen LogP contribution in [0, 0.1) is 0 Å². The standard InChI is InChI=1S/C12H16N2O2S/c1-9(15)14(10-4-5-10)7-6-13-12(16)11-3-2-8-17-11/h2-3,8,10H,4-7H2,1H3,(H,13,16). The fraction of sp³-hybridized carbons (Fsp3) is 0.500. The summed E-state index contributed by atoms with van der Waals surface area (Å²) < 4.78 is 0. The fourth-order valence-corrected chi connectivity index (χ4v) is 2.41. The second-order valence-electron chi connectivity index (χ2n) is 4.18. The first-order chi connectivity index (χ1) is 8.18. The first-order valence-electron chi connectivity index (χ1n) is 5.77. The molecular formula is C12H16N2O2S. The number of thiophene rings is 1. The lowest BCUT2D eigenvalue weighted by Crippen LogP contribution is -2.38. The van der Waals surface area contributed by atoms with Gasteiger partial charge in [-0.25, -0.2) is 0 Å². The van der Waals surface area contributed by atoms with Gasteiger partial charge in [0, 0.05) is 26.1 Å². The molecule has 0 aliphatic heterocycles. The predicted octanol–water partition coefficient (Wildman–Crippen LogP) is 1.49. The number of hydrogen-bond acceptors (Lipinski definition) is 3. The molecule has 2 rings (SSSR count). The Kier molecular flexibility index (Phi) is 3.78. The van der Waals surface area contributed by atoms with Crippen molar-refractivity contribution in [3.05, 3.63) is 22.4 Å². The van der Waals surface area contributed by atoms with Crippen molar-refractivity contribution in [2.24, 2.45) is 0 Å². The van der Waals surface area contributed by atoms with Gasteiger partial charge in [0.2, 0.25) is 5.91 Å². The third kappa shape index (κ3) is 3.30. The van der Waals surface area contributed by atoms with E-state index in [4.69, 9.17) is 0 Å². The molecule has 5 heteroatoms. The van der Waals surface area contributed by atoms with E-state index in [1.165, 1.54) is 11.3 Å². The molecule has 92 valence electrons. The third-order valence-electron chi connectivity index (χ3n) is 2.78. The second kappa shape index (κ2) is 5.31. The van der Waals surface area contributed by atoms with Gasteiger partial charge in [0.25, 0.3) is 5.91 Å². The predicted molar refractivity (Wildman–Crippen MR) is 67.1 cm³/mol. The van der Waals surface area contributed by atoms with Crippen molar-refractivity contribution in [3.8, 4) is 0 Å². The molecule has 4 nitrogen and oxygen atoms in total. The maximum atomic E-state index is 11.6. The van der Waals surface area contributed by atoms with E-state index in [2.05, 4.69) is 5.32 Å². The number of rotatable bonds is 5. The van der Waals surface area contributed by atoms with Crippen LogP contribution in [0.1, 0.15) is 29.4 Å². The van der Waals surface area contributed by atoms with E-state index >= 15 is 0 Å². The summed E-state index contributed by atoms with van der Waals surface area (Å²) in [6, 6.07) is 4.06. The van der Waals surface area contributed by atoms with Gasteiger partial charge in [-0.05, 0) is 24.3 Å². The van der Waals surface area contributed by atoms with Crippen molar-refractivity contribution >= 4 is 23.2 Å². The molecule has 1 aromatic rings. The summed E-state index contributed by atoms with van der Waals surface area (Å²) in [5, 5.41) is 4.71. The first-order valence-corrected chi connectivity index (χ1v) is 6.65. The molecule has 1 aromatic heterocycles. The Bertz CT molecular complexity index is 399. The number of carbonyl (C=O) groups excluding carboxylic acids is 2. The Balaban J connectivity index is 1.75. The monoisotopic (exact) mass is 252 g/mol. The van der Waals surface area contributed by atoms with Crippen molar-refractivity contribution in [2.45, 2.75) is 25.8 Å². The molecule has 0 radical (unpaired) electrons. The molecule has 1 saturated carbocycles. The normalized spacial score (nSPS) is 14.4. The molecule has 1 aliphatic rings. The Morgan fingerprint density at radius 3 is 2.82 bits per heavy atom. The number of carbonyl (C=O) groups is 2. The van der Waals surface area contributed by atoms with E-state index in [1.54, 1.807) is 13.0 Å². The topological polar surface area (TPSA) is 49.4 Å². The number of nitrogens with zero attached hydrogens (tertiary/aromatic N) is 1. The number of hydrogen-bond donors (Lipinski definition) is 1. The second-order valence-corrected chi connectivity index (χ2v) is 5.12. The van der Waals surface area contributed by atoms with Crippen LogP contribution in [0.5, 0.6) is 0 Å². The largest absolute Gasteiger partial charge is 0.350 e. The van der Waals surface area contributed by atoms with E-state index in [-0.39, 0.29) is 11.8 Å². The van der Waals surface area contributed by atoms with Crippen LogP contribution in [0.2, 0.25) is 0 Å². The van der Waals surface area contributed by atoms with Crippen molar-refractivity contribution < 1.29 is 9.59 Å². The molecule has 17 heavy (non-hydrogen) atoms. The average molecular weight is 252 g/mol. The van der Waals surface area contributed by atoms with Crippen LogP contribution in [-0.2, 0) is 4.79 Å². The van der Waals surface area contributed by atoms with Crippen LogP contribution in [0.25, 0.3) is 0 Å². The van der Waals surface area contributed by atoms with E-state index in [9.17, 15) is 9.59 Å². The van der Waals surface area contributed by atoms with Crippen LogP contribution in [0.15, 0.2) is 17.5 Å². The highest BCUT2D eigenvalue weighted by atomic mass is 32.1. The quantitative estimate of drug-likeness (QED) is 0.863. The zero-order chi connectivity index (χ0) is 12.3. The van der Waals surface area contributed by atoms with Gasteiger partial charge in [-0.2, -0.15) is 0 Å². The Morgan fingerprint density at radius 2 is 2.29 bits per heavy atom. The minimum Gasteiger partial charge on any atom is -0.350 e. The summed E-state index contributed by atoms with van der Waals surface area (Å²) in [6.07, 6.45) is 2.19. The zero-order valence-corrected chi connectivity index (χ0v) is 10.6. The van der Waals surface area contributed by atoms with Gasteiger partial charge in [0.15, 0.2) is 0 Å². The lowest BCUT2D eigenvalue weighted by molar-refractivity contribution is -0.129. The SMILES string of the molecule is CC(=O)N(CCNC(=O)c1cccs1)C1CC1. The molecular weight excluding hydrogens is 236 g/mol. The number of nitrogens with one attached hydrogen (secondary N) is 1. The minimum absolute atomic E-state index is 0.0562. The van der Waals surface area contributed by atoms with Crippen molar-refractivity contribution in [1.29, 1.82) is 0 Å². The number of amides is 2. The van der Waals surface area contributed by atoms with E-state index in [1.807, 2.05) is 16.3 Å². The smallest absolute Gasteiger partial charge is 0.261 e. The highest BCUT2D eigenvalue weighted by Crippen LogP contribution is 2.26.